The van der Waals surface area contributed by atoms with Crippen LogP contribution in [-0.4, -0.2) is 46.4 Å². The second-order valence-electron chi connectivity index (χ2n) is 3.64. The van der Waals surface area contributed by atoms with Crippen molar-refractivity contribution in [2.45, 2.75) is 12.8 Å². The van der Waals surface area contributed by atoms with Crippen molar-refractivity contribution in [1.82, 2.24) is 0 Å². The number of quaternary nitrogens is 1. The van der Waals surface area contributed by atoms with E-state index in [9.17, 15) is 33.1 Å². The van der Waals surface area contributed by atoms with E-state index < -0.39 is 43.9 Å². The van der Waals surface area contributed by atoms with Gasteiger partial charge in [0.2, 0.25) is 0 Å². The summed E-state index contributed by atoms with van der Waals surface area (Å²) in [4.78, 5) is 33.1. The molecule has 0 aromatic heterocycles. The second-order valence-corrected chi connectivity index (χ2v) is 5.09. The second kappa shape index (κ2) is 4.57. The van der Waals surface area contributed by atoms with E-state index in [0.717, 1.165) is 0 Å². The van der Waals surface area contributed by atoms with Crippen molar-refractivity contribution in [1.29, 1.82) is 0 Å². The third-order valence-corrected chi connectivity index (χ3v) is 2.93. The zero-order valence-electron chi connectivity index (χ0n) is 8.90. The normalized spacial score (nSPS) is 20.2. The molecule has 0 radical (unpaired) electrons. The molecule has 10 heteroatoms. The minimum absolute atomic E-state index is 0.251. The van der Waals surface area contributed by atoms with Gasteiger partial charge in [0.25, 0.3) is 10.1 Å². The van der Waals surface area contributed by atoms with Gasteiger partial charge in [0.1, 0.15) is 5.75 Å². The number of amides is 2. The number of aliphatic carboxylic acids is 1. The van der Waals surface area contributed by atoms with Gasteiger partial charge in [0, 0.05) is 5.57 Å². The first-order chi connectivity index (χ1) is 8.06. The van der Waals surface area contributed by atoms with Gasteiger partial charge in [0.05, 0.1) is 18.8 Å². The first-order valence-corrected chi connectivity index (χ1v) is 6.23. The standard InChI is InChI=1S/C8H9NO8S/c10-6-1-2-7(11)9(6,14)3-5(8(12)13)4-18(15,16)17/h3,14H,1-2,4H2,(H-,12,13,15,16,17). The zero-order chi connectivity index (χ0) is 14.1. The lowest BCUT2D eigenvalue weighted by atomic mass is 10.3. The van der Waals surface area contributed by atoms with Crippen LogP contribution in [0.25, 0.3) is 0 Å². The maximum Gasteiger partial charge on any atom is 0.358 e. The van der Waals surface area contributed by atoms with Gasteiger partial charge in [-0.1, -0.05) is 0 Å². The number of carboxylic acid groups (broad SMARTS) is 1. The van der Waals surface area contributed by atoms with E-state index in [1.54, 1.807) is 0 Å². The lowest BCUT2D eigenvalue weighted by Crippen LogP contribution is -2.46. The quantitative estimate of drug-likeness (QED) is 0.189. The maximum absolute atomic E-state index is 11.3. The fourth-order valence-electron chi connectivity index (χ4n) is 1.41. The number of nitrogens with zero attached hydrogens (tertiary/aromatic N) is 1. The Bertz CT molecular complexity index is 529. The highest BCUT2D eigenvalue weighted by Crippen LogP contribution is 2.22. The lowest BCUT2D eigenvalue weighted by molar-refractivity contribution is -0.928. The number of imide groups is 1. The average Bonchev–Trinajstić information content (AvgIpc) is 2.43. The molecule has 0 aromatic rings. The summed E-state index contributed by atoms with van der Waals surface area (Å²) < 4.78 is 27.7. The molecule has 0 aliphatic carbocycles. The van der Waals surface area contributed by atoms with Crippen molar-refractivity contribution in [2.24, 2.45) is 0 Å². The minimum Gasteiger partial charge on any atom is -0.545 e. The molecule has 1 aliphatic heterocycles. The van der Waals surface area contributed by atoms with E-state index in [1.807, 2.05) is 0 Å². The molecule has 1 fully saturated rings. The monoisotopic (exact) mass is 279 g/mol. The van der Waals surface area contributed by atoms with Gasteiger partial charge in [-0.2, -0.15) is 13.6 Å². The van der Waals surface area contributed by atoms with E-state index in [1.165, 1.54) is 0 Å². The molecule has 0 unspecified atom stereocenters. The third kappa shape index (κ3) is 2.98. The molecular weight excluding hydrogens is 270 g/mol. The van der Waals surface area contributed by atoms with Crippen LogP contribution >= 0.6 is 0 Å². The van der Waals surface area contributed by atoms with Crippen LogP contribution in [0, 0.1) is 0 Å². The van der Waals surface area contributed by atoms with Gasteiger partial charge in [-0.25, -0.2) is 9.59 Å². The van der Waals surface area contributed by atoms with E-state index in [4.69, 9.17) is 4.55 Å². The Morgan fingerprint density at radius 2 is 1.78 bits per heavy atom. The van der Waals surface area contributed by atoms with E-state index in [-0.39, 0.29) is 19.0 Å². The summed E-state index contributed by atoms with van der Waals surface area (Å²) in [6.45, 7) is 0. The highest BCUT2D eigenvalue weighted by atomic mass is 32.2. The first kappa shape index (κ1) is 14.4. The highest BCUT2D eigenvalue weighted by molar-refractivity contribution is 7.86. The number of hydroxylamine groups is 3. The van der Waals surface area contributed by atoms with Crippen molar-refractivity contribution in [3.05, 3.63) is 11.8 Å². The van der Waals surface area contributed by atoms with Gasteiger partial charge in [-0.05, 0) is 4.65 Å². The molecule has 1 saturated heterocycles. The van der Waals surface area contributed by atoms with Gasteiger partial charge in [-0.15, -0.1) is 0 Å². The maximum atomic E-state index is 11.3. The van der Waals surface area contributed by atoms with E-state index in [2.05, 4.69) is 0 Å². The summed E-state index contributed by atoms with van der Waals surface area (Å²) in [6.07, 6.45) is -0.336. The predicted molar refractivity (Wildman–Crippen MR) is 50.8 cm³/mol. The van der Waals surface area contributed by atoms with Gasteiger partial charge in [0.15, 0.2) is 6.20 Å². The Balaban J connectivity index is 3.21. The topological polar surface area (TPSA) is 149 Å². The highest BCUT2D eigenvalue weighted by Gasteiger charge is 2.49. The molecule has 0 bridgehead atoms. The largest absolute Gasteiger partial charge is 0.545 e. The summed E-state index contributed by atoms with van der Waals surface area (Å²) in [5.74, 6) is -5.38. The van der Waals surface area contributed by atoms with Crippen LogP contribution in [0.1, 0.15) is 12.8 Å². The fourth-order valence-corrected chi connectivity index (χ4v) is 1.99. The molecule has 1 aliphatic rings. The summed E-state index contributed by atoms with van der Waals surface area (Å²) in [6, 6.07) is 0. The molecule has 0 atom stereocenters. The third-order valence-electron chi connectivity index (χ3n) is 2.26. The van der Waals surface area contributed by atoms with Crippen LogP contribution in [0.5, 0.6) is 0 Å². The molecule has 9 nitrogen and oxygen atoms in total. The number of likely N-dealkylation sites (tertiary alicyclic amines) is 1. The van der Waals surface area contributed by atoms with Crippen LogP contribution in [0.15, 0.2) is 11.8 Å². The van der Waals surface area contributed by atoms with Crippen LogP contribution in [0.4, 0.5) is 0 Å². The molecule has 2 amide bonds. The van der Waals surface area contributed by atoms with Gasteiger partial charge in [-0.3, -0.25) is 4.55 Å². The number of carbonyl (C=O) groups excluding carboxylic acids is 3. The van der Waals surface area contributed by atoms with E-state index >= 15 is 0 Å². The Morgan fingerprint density at radius 3 is 2.11 bits per heavy atom. The molecule has 18 heavy (non-hydrogen) atoms. The number of hydrogen-bond acceptors (Lipinski definition) is 7. The Hall–Kier alpha value is -1.62. The molecule has 0 aromatic carbocycles. The van der Waals surface area contributed by atoms with Crippen molar-refractivity contribution in [3.8, 4) is 0 Å². The molecule has 1 rings (SSSR count). The fraction of sp³-hybridized carbons (Fsp3) is 0.375. The summed E-state index contributed by atoms with van der Waals surface area (Å²) in [5.41, 5.74) is -1.08. The Kier molecular flexibility index (Phi) is 3.67. The Morgan fingerprint density at radius 1 is 1.33 bits per heavy atom. The first-order valence-electron chi connectivity index (χ1n) is 4.63. The minimum atomic E-state index is -4.70. The van der Waals surface area contributed by atoms with Crippen molar-refractivity contribution >= 4 is 27.9 Å². The smallest absolute Gasteiger partial charge is 0.358 e. The van der Waals surface area contributed by atoms with Gasteiger partial charge >= 0.3 is 11.8 Å². The Labute approximate surface area is 101 Å². The lowest BCUT2D eigenvalue weighted by Gasteiger charge is -2.16. The summed E-state index contributed by atoms with van der Waals surface area (Å²) in [7, 11) is -4.70. The molecule has 0 saturated carbocycles. The summed E-state index contributed by atoms with van der Waals surface area (Å²) >= 11 is 0. The van der Waals surface area contributed by atoms with Crippen LogP contribution in [0.2, 0.25) is 0 Å². The molecule has 100 valence electrons. The molecule has 2 N–H and O–H groups in total. The van der Waals surface area contributed by atoms with E-state index in [0.29, 0.717) is 0 Å². The molecule has 1 heterocycles. The molecule has 0 spiro atoms. The number of rotatable bonds is 4. The van der Waals surface area contributed by atoms with Crippen LogP contribution in [0.3, 0.4) is 0 Å². The average molecular weight is 279 g/mol. The summed E-state index contributed by atoms with van der Waals surface area (Å²) in [5, 5.41) is 20.3. The van der Waals surface area contributed by atoms with Crippen LogP contribution in [-0.2, 0) is 24.5 Å². The number of carbonyl (C=O) groups is 3. The predicted octanol–water partition coefficient (Wildman–Crippen LogP) is -2.44. The zero-order valence-corrected chi connectivity index (χ0v) is 9.71. The SMILES string of the molecule is O=C([O-])C(=C[N+]1(O)C(=O)CCC1=O)CS(=O)(=O)O. The van der Waals surface area contributed by atoms with Gasteiger partial charge < -0.3 is 9.90 Å². The number of hydrogen-bond donors (Lipinski definition) is 2. The van der Waals surface area contributed by atoms with Crippen molar-refractivity contribution < 1.29 is 42.3 Å². The van der Waals surface area contributed by atoms with Crippen LogP contribution < -0.4 is 5.11 Å². The van der Waals surface area contributed by atoms with Crippen molar-refractivity contribution in [2.75, 3.05) is 5.75 Å². The van der Waals surface area contributed by atoms with Crippen molar-refractivity contribution in [3.63, 3.8) is 0 Å². The molecular formula is C8H9NO8S. The number of carboxylic acids is 1.